The van der Waals surface area contributed by atoms with Crippen LogP contribution in [0, 0.1) is 17.8 Å². The number of para-hydroxylation sites is 1. The number of amides is 1. The third-order valence-electron chi connectivity index (χ3n) is 4.43. The number of rotatable bonds is 3. The van der Waals surface area contributed by atoms with Gasteiger partial charge < -0.3 is 15.8 Å². The van der Waals surface area contributed by atoms with E-state index >= 15 is 0 Å². The zero-order valence-corrected chi connectivity index (χ0v) is 14.1. The summed E-state index contributed by atoms with van der Waals surface area (Å²) in [4.78, 5) is 12.0. The van der Waals surface area contributed by atoms with Crippen molar-refractivity contribution in [2.24, 2.45) is 16.6 Å². The van der Waals surface area contributed by atoms with Crippen molar-refractivity contribution < 1.29 is 9.53 Å². The fraction of sp³-hybridized carbons (Fsp3) is 0.611. The molecule has 0 radical (unpaired) electrons. The number of benzene rings is 1. The van der Waals surface area contributed by atoms with E-state index in [1.807, 2.05) is 25.1 Å². The summed E-state index contributed by atoms with van der Waals surface area (Å²) in [7, 11) is 0. The van der Waals surface area contributed by atoms with Gasteiger partial charge in [0.05, 0.1) is 0 Å². The van der Waals surface area contributed by atoms with E-state index < -0.39 is 6.09 Å². The molecule has 4 heteroatoms. The monoisotopic (exact) mass is 304 g/mol. The third kappa shape index (κ3) is 4.47. The summed E-state index contributed by atoms with van der Waals surface area (Å²) in [5.41, 5.74) is 7.38. The molecule has 2 unspecified atom stereocenters. The van der Waals surface area contributed by atoms with Crippen molar-refractivity contribution in [1.29, 1.82) is 0 Å². The van der Waals surface area contributed by atoms with Crippen LogP contribution in [-0.4, -0.2) is 18.7 Å². The molecule has 122 valence electrons. The Hall–Kier alpha value is -1.55. The van der Waals surface area contributed by atoms with Gasteiger partial charge in [-0.05, 0) is 48.6 Å². The summed E-state index contributed by atoms with van der Waals surface area (Å²) in [6.07, 6.45) is 2.63. The van der Waals surface area contributed by atoms with E-state index in [-0.39, 0.29) is 16.9 Å². The Morgan fingerprint density at radius 1 is 1.32 bits per heavy atom. The van der Waals surface area contributed by atoms with E-state index in [2.05, 4.69) is 26.1 Å². The van der Waals surface area contributed by atoms with Crippen molar-refractivity contribution in [2.75, 3.05) is 6.54 Å². The Morgan fingerprint density at radius 3 is 2.64 bits per heavy atom. The summed E-state index contributed by atoms with van der Waals surface area (Å²) in [6, 6.07) is 7.71. The van der Waals surface area contributed by atoms with E-state index in [0.717, 1.165) is 24.8 Å². The van der Waals surface area contributed by atoms with Crippen LogP contribution in [0.2, 0.25) is 0 Å². The van der Waals surface area contributed by atoms with Gasteiger partial charge in [0, 0.05) is 12.6 Å². The minimum Gasteiger partial charge on any atom is -0.410 e. The van der Waals surface area contributed by atoms with E-state index in [9.17, 15) is 4.79 Å². The van der Waals surface area contributed by atoms with Crippen LogP contribution >= 0.6 is 0 Å². The predicted octanol–water partition coefficient (Wildman–Crippen LogP) is 3.63. The number of carbonyl (C=O) groups excluding carboxylic acids is 1. The van der Waals surface area contributed by atoms with Crippen LogP contribution in [-0.2, 0) is 0 Å². The molecule has 0 bridgehead atoms. The molecular formula is C18H28N2O2. The van der Waals surface area contributed by atoms with Gasteiger partial charge >= 0.3 is 6.09 Å². The van der Waals surface area contributed by atoms with E-state index in [1.165, 1.54) is 0 Å². The number of carbonyl (C=O) groups is 1. The molecule has 4 nitrogen and oxygen atoms in total. The maximum atomic E-state index is 12.0. The molecule has 2 atom stereocenters. The molecule has 0 saturated heterocycles. The van der Waals surface area contributed by atoms with Crippen LogP contribution in [0.3, 0.4) is 0 Å². The van der Waals surface area contributed by atoms with Crippen molar-refractivity contribution in [3.63, 3.8) is 0 Å². The van der Waals surface area contributed by atoms with Crippen LogP contribution in [0.15, 0.2) is 24.3 Å². The second-order valence-electron chi connectivity index (χ2n) is 7.83. The van der Waals surface area contributed by atoms with Crippen molar-refractivity contribution in [3.8, 4) is 5.75 Å². The van der Waals surface area contributed by atoms with Crippen molar-refractivity contribution in [2.45, 2.75) is 53.0 Å². The number of hydrogen-bond acceptors (Lipinski definition) is 3. The molecule has 1 amide bonds. The molecule has 1 fully saturated rings. The number of ether oxygens (including phenoxy) is 1. The van der Waals surface area contributed by atoms with Gasteiger partial charge in [-0.3, -0.25) is 0 Å². The zero-order chi connectivity index (χ0) is 16.4. The van der Waals surface area contributed by atoms with Crippen LogP contribution in [0.1, 0.15) is 45.6 Å². The number of aryl methyl sites for hydroxylation is 1. The molecular weight excluding hydrogens is 276 g/mol. The molecule has 2 rings (SSSR count). The molecule has 1 aliphatic carbocycles. The Bertz CT molecular complexity index is 542. The zero-order valence-electron chi connectivity index (χ0n) is 14.1. The van der Waals surface area contributed by atoms with Crippen LogP contribution in [0.5, 0.6) is 5.75 Å². The Balaban J connectivity index is 1.92. The van der Waals surface area contributed by atoms with E-state index in [4.69, 9.17) is 10.5 Å². The first-order chi connectivity index (χ1) is 10.2. The molecule has 22 heavy (non-hydrogen) atoms. The summed E-state index contributed by atoms with van der Waals surface area (Å²) < 4.78 is 5.38. The first kappa shape index (κ1) is 16.8. The molecule has 0 aromatic heterocycles. The number of hydrogen-bond donors (Lipinski definition) is 2. The van der Waals surface area contributed by atoms with E-state index in [1.54, 1.807) is 6.07 Å². The predicted molar refractivity (Wildman–Crippen MR) is 88.9 cm³/mol. The Kier molecular flexibility index (Phi) is 4.81. The topological polar surface area (TPSA) is 64.3 Å². The Labute approximate surface area is 133 Å². The lowest BCUT2D eigenvalue weighted by molar-refractivity contribution is 0.0821. The van der Waals surface area contributed by atoms with Gasteiger partial charge in [0.2, 0.25) is 0 Å². The minimum atomic E-state index is -0.396. The van der Waals surface area contributed by atoms with Gasteiger partial charge in [0.25, 0.3) is 0 Å². The summed E-state index contributed by atoms with van der Waals surface area (Å²) in [6.45, 7) is 9.20. The standard InChI is InChI=1S/C18H28N2O2/c1-13-7-5-6-8-15(13)22-16(21)20-12-18(4)10-14(19)9-17(2,3)11-18/h5-8,14H,9-12,19H2,1-4H3,(H,20,21). The Morgan fingerprint density at radius 2 is 2.00 bits per heavy atom. The first-order valence-electron chi connectivity index (χ1n) is 7.96. The SMILES string of the molecule is Cc1ccccc1OC(=O)NCC1(C)CC(N)CC(C)(C)C1. The van der Waals surface area contributed by atoms with Crippen molar-refractivity contribution >= 4 is 6.09 Å². The highest BCUT2D eigenvalue weighted by molar-refractivity contribution is 5.70. The highest BCUT2D eigenvalue weighted by Gasteiger charge is 2.40. The van der Waals surface area contributed by atoms with Gasteiger partial charge in [-0.15, -0.1) is 0 Å². The third-order valence-corrected chi connectivity index (χ3v) is 4.43. The van der Waals surface area contributed by atoms with Gasteiger partial charge in [0.1, 0.15) is 5.75 Å². The van der Waals surface area contributed by atoms with Gasteiger partial charge in [0.15, 0.2) is 0 Å². The van der Waals surface area contributed by atoms with Crippen LogP contribution in [0.4, 0.5) is 4.79 Å². The molecule has 1 aliphatic rings. The lowest BCUT2D eigenvalue weighted by Crippen LogP contribution is -2.48. The normalized spacial score (nSPS) is 27.2. The minimum absolute atomic E-state index is 0.0198. The number of nitrogens with one attached hydrogen (secondary N) is 1. The second-order valence-corrected chi connectivity index (χ2v) is 7.83. The van der Waals surface area contributed by atoms with Crippen molar-refractivity contribution in [1.82, 2.24) is 5.32 Å². The quantitative estimate of drug-likeness (QED) is 0.896. The molecule has 3 N–H and O–H groups in total. The van der Waals surface area contributed by atoms with Gasteiger partial charge in [-0.2, -0.15) is 0 Å². The molecule has 0 spiro atoms. The molecule has 0 aliphatic heterocycles. The fourth-order valence-electron chi connectivity index (χ4n) is 3.94. The average molecular weight is 304 g/mol. The average Bonchev–Trinajstić information content (AvgIpc) is 2.36. The second kappa shape index (κ2) is 6.29. The molecule has 0 heterocycles. The maximum Gasteiger partial charge on any atom is 0.412 e. The maximum absolute atomic E-state index is 12.0. The molecule has 1 saturated carbocycles. The lowest BCUT2D eigenvalue weighted by atomic mass is 9.63. The summed E-state index contributed by atoms with van der Waals surface area (Å²) in [5, 5.41) is 2.91. The van der Waals surface area contributed by atoms with E-state index in [0.29, 0.717) is 12.3 Å². The number of nitrogens with two attached hydrogens (primary N) is 1. The first-order valence-corrected chi connectivity index (χ1v) is 7.96. The van der Waals surface area contributed by atoms with Gasteiger partial charge in [-0.25, -0.2) is 4.79 Å². The highest BCUT2D eigenvalue weighted by Crippen LogP contribution is 2.45. The van der Waals surface area contributed by atoms with Gasteiger partial charge in [-0.1, -0.05) is 39.0 Å². The van der Waals surface area contributed by atoms with Crippen molar-refractivity contribution in [3.05, 3.63) is 29.8 Å². The largest absolute Gasteiger partial charge is 0.412 e. The smallest absolute Gasteiger partial charge is 0.410 e. The molecule has 1 aromatic carbocycles. The lowest BCUT2D eigenvalue weighted by Gasteiger charge is -2.45. The highest BCUT2D eigenvalue weighted by atomic mass is 16.6. The molecule has 1 aromatic rings. The summed E-state index contributed by atoms with van der Waals surface area (Å²) >= 11 is 0. The summed E-state index contributed by atoms with van der Waals surface area (Å²) in [5.74, 6) is 0.603. The van der Waals surface area contributed by atoms with Crippen LogP contribution < -0.4 is 15.8 Å². The fourth-order valence-corrected chi connectivity index (χ4v) is 3.94. The van der Waals surface area contributed by atoms with Crippen LogP contribution in [0.25, 0.3) is 0 Å².